The Kier molecular flexibility index (Phi) is 6.32. The lowest BCUT2D eigenvalue weighted by Gasteiger charge is -2.15. The van der Waals surface area contributed by atoms with Gasteiger partial charge in [-0.05, 0) is 0 Å². The Morgan fingerprint density at radius 3 is 2.05 bits per heavy atom. The molecule has 0 aliphatic rings. The zero-order valence-electron chi connectivity index (χ0n) is 12.4. The maximum absolute atomic E-state index is 11.6. The fraction of sp³-hybridized carbons (Fsp3) is 0.429. The molecule has 1 radical (unpaired) electrons. The SMILES string of the molecule is CCC(=O)Nc1[c]ncc(NC(=O)CC)c1NC(=O)CC. The van der Waals surface area contributed by atoms with Crippen molar-refractivity contribution >= 4 is 34.8 Å². The first-order valence-corrected chi connectivity index (χ1v) is 6.81. The highest BCUT2D eigenvalue weighted by atomic mass is 16.2. The molecule has 1 aromatic heterocycles. The van der Waals surface area contributed by atoms with Gasteiger partial charge in [-0.3, -0.25) is 14.4 Å². The molecule has 0 bridgehead atoms. The lowest BCUT2D eigenvalue weighted by molar-refractivity contribution is -0.116. The number of anilines is 3. The van der Waals surface area contributed by atoms with E-state index in [-0.39, 0.29) is 42.7 Å². The summed E-state index contributed by atoms with van der Waals surface area (Å²) in [5.74, 6) is -0.699. The van der Waals surface area contributed by atoms with Gasteiger partial charge in [0, 0.05) is 19.3 Å². The van der Waals surface area contributed by atoms with E-state index in [1.807, 2.05) is 0 Å². The predicted molar refractivity (Wildman–Crippen MR) is 79.8 cm³/mol. The maximum atomic E-state index is 11.6. The van der Waals surface area contributed by atoms with Crippen LogP contribution in [-0.4, -0.2) is 22.7 Å². The van der Waals surface area contributed by atoms with Gasteiger partial charge in [-0.1, -0.05) is 20.8 Å². The average Bonchev–Trinajstić information content (AvgIpc) is 2.49. The normalized spacial score (nSPS) is 9.86. The van der Waals surface area contributed by atoms with Gasteiger partial charge in [-0.15, -0.1) is 0 Å². The van der Waals surface area contributed by atoms with Crippen molar-refractivity contribution in [2.24, 2.45) is 0 Å². The fourth-order valence-electron chi connectivity index (χ4n) is 1.43. The molecule has 1 rings (SSSR count). The summed E-state index contributed by atoms with van der Waals surface area (Å²) in [5, 5.41) is 7.88. The van der Waals surface area contributed by atoms with Gasteiger partial charge in [0.05, 0.1) is 23.3 Å². The maximum Gasteiger partial charge on any atom is 0.224 e. The second kappa shape index (κ2) is 7.98. The van der Waals surface area contributed by atoms with Crippen molar-refractivity contribution in [1.29, 1.82) is 0 Å². The minimum atomic E-state index is -0.242. The number of hydrogen-bond acceptors (Lipinski definition) is 4. The summed E-state index contributed by atoms with van der Waals surface area (Å²) >= 11 is 0. The predicted octanol–water partition coefficient (Wildman–Crippen LogP) is 1.93. The topological polar surface area (TPSA) is 100 Å². The highest BCUT2D eigenvalue weighted by Gasteiger charge is 2.15. The number of aromatic nitrogens is 1. The van der Waals surface area contributed by atoms with Gasteiger partial charge in [0.25, 0.3) is 0 Å². The molecule has 113 valence electrons. The summed E-state index contributed by atoms with van der Waals surface area (Å²) in [6.07, 6.45) is 4.83. The fourth-order valence-corrected chi connectivity index (χ4v) is 1.43. The van der Waals surface area contributed by atoms with Crippen LogP contribution in [0.25, 0.3) is 0 Å². The Bertz CT molecular complexity index is 507. The molecule has 0 fully saturated rings. The van der Waals surface area contributed by atoms with Crippen LogP contribution in [0.4, 0.5) is 17.1 Å². The van der Waals surface area contributed by atoms with Crippen LogP contribution in [0.1, 0.15) is 40.0 Å². The molecule has 7 heteroatoms. The van der Waals surface area contributed by atoms with E-state index in [1.165, 1.54) is 6.20 Å². The number of carbonyl (C=O) groups excluding carboxylic acids is 3. The standard InChI is InChI=1S/C14H19N4O3/c1-4-11(19)16-9-7-15-8-10(17-12(20)5-2)14(9)18-13(21)6-3/h7H,4-6H2,1-3H3,(H,16,19)(H,17,20)(H,15,18,21). The van der Waals surface area contributed by atoms with Crippen molar-refractivity contribution in [2.45, 2.75) is 40.0 Å². The van der Waals surface area contributed by atoms with Crippen molar-refractivity contribution in [3.63, 3.8) is 0 Å². The number of hydrogen-bond donors (Lipinski definition) is 3. The Labute approximate surface area is 123 Å². The summed E-state index contributed by atoms with van der Waals surface area (Å²) in [6.45, 7) is 5.12. The molecule has 0 aliphatic heterocycles. The van der Waals surface area contributed by atoms with Crippen LogP contribution in [0.3, 0.4) is 0 Å². The largest absolute Gasteiger partial charge is 0.323 e. The average molecular weight is 291 g/mol. The molecule has 3 amide bonds. The molecule has 0 spiro atoms. The zero-order chi connectivity index (χ0) is 15.8. The number of rotatable bonds is 6. The van der Waals surface area contributed by atoms with Crippen molar-refractivity contribution in [3.8, 4) is 0 Å². The van der Waals surface area contributed by atoms with Crippen LogP contribution in [0.2, 0.25) is 0 Å². The molecule has 0 unspecified atom stereocenters. The van der Waals surface area contributed by atoms with E-state index < -0.39 is 0 Å². The van der Waals surface area contributed by atoms with Gasteiger partial charge in [0.15, 0.2) is 0 Å². The second-order valence-electron chi connectivity index (χ2n) is 4.24. The van der Waals surface area contributed by atoms with E-state index in [1.54, 1.807) is 20.8 Å². The van der Waals surface area contributed by atoms with E-state index in [2.05, 4.69) is 27.1 Å². The van der Waals surface area contributed by atoms with Gasteiger partial charge in [0.2, 0.25) is 17.7 Å². The van der Waals surface area contributed by atoms with Crippen LogP contribution in [0, 0.1) is 6.20 Å². The molecule has 0 atom stereocenters. The first-order valence-electron chi connectivity index (χ1n) is 6.81. The number of carbonyl (C=O) groups is 3. The highest BCUT2D eigenvalue weighted by molar-refractivity contribution is 6.05. The van der Waals surface area contributed by atoms with Crippen LogP contribution in [0.15, 0.2) is 6.20 Å². The van der Waals surface area contributed by atoms with Gasteiger partial charge in [-0.25, -0.2) is 4.98 Å². The van der Waals surface area contributed by atoms with Crippen molar-refractivity contribution < 1.29 is 14.4 Å². The smallest absolute Gasteiger partial charge is 0.224 e. The Morgan fingerprint density at radius 1 is 0.952 bits per heavy atom. The first-order chi connectivity index (χ1) is 10.0. The highest BCUT2D eigenvalue weighted by Crippen LogP contribution is 2.29. The Morgan fingerprint density at radius 2 is 1.48 bits per heavy atom. The minimum Gasteiger partial charge on any atom is -0.323 e. The molecule has 0 saturated carbocycles. The Hall–Kier alpha value is -2.44. The molecule has 0 aliphatic carbocycles. The Balaban J connectivity index is 3.16. The minimum absolute atomic E-state index is 0.220. The van der Waals surface area contributed by atoms with E-state index in [0.29, 0.717) is 11.4 Å². The van der Waals surface area contributed by atoms with E-state index in [4.69, 9.17) is 0 Å². The van der Waals surface area contributed by atoms with Gasteiger partial charge in [0.1, 0.15) is 6.20 Å². The van der Waals surface area contributed by atoms with E-state index in [9.17, 15) is 14.4 Å². The van der Waals surface area contributed by atoms with Gasteiger partial charge < -0.3 is 16.0 Å². The quantitative estimate of drug-likeness (QED) is 0.745. The third kappa shape index (κ3) is 4.87. The summed E-state index contributed by atoms with van der Waals surface area (Å²) in [4.78, 5) is 38.5. The lowest BCUT2D eigenvalue weighted by atomic mass is 10.2. The lowest BCUT2D eigenvalue weighted by Crippen LogP contribution is -2.19. The van der Waals surface area contributed by atoms with Crippen LogP contribution >= 0.6 is 0 Å². The van der Waals surface area contributed by atoms with Crippen LogP contribution in [0.5, 0.6) is 0 Å². The molecule has 0 aromatic carbocycles. The number of nitrogens with zero attached hydrogens (tertiary/aromatic N) is 1. The molecule has 1 aromatic rings. The van der Waals surface area contributed by atoms with Gasteiger partial charge in [-0.2, -0.15) is 0 Å². The van der Waals surface area contributed by atoms with E-state index >= 15 is 0 Å². The summed E-state index contributed by atoms with van der Waals surface area (Å²) in [5.41, 5.74) is 0.854. The zero-order valence-corrected chi connectivity index (χ0v) is 12.4. The number of nitrogens with one attached hydrogen (secondary N) is 3. The second-order valence-corrected chi connectivity index (χ2v) is 4.24. The third-order valence-corrected chi connectivity index (χ3v) is 2.66. The summed E-state index contributed by atoms with van der Waals surface area (Å²) < 4.78 is 0. The van der Waals surface area contributed by atoms with Gasteiger partial charge >= 0.3 is 0 Å². The number of pyridine rings is 1. The summed E-state index contributed by atoms with van der Waals surface area (Å²) in [6, 6.07) is 0. The van der Waals surface area contributed by atoms with Crippen LogP contribution in [-0.2, 0) is 14.4 Å². The number of amides is 3. The monoisotopic (exact) mass is 291 g/mol. The van der Waals surface area contributed by atoms with Crippen molar-refractivity contribution in [3.05, 3.63) is 12.4 Å². The molecule has 3 N–H and O–H groups in total. The molecular weight excluding hydrogens is 272 g/mol. The molecule has 21 heavy (non-hydrogen) atoms. The van der Waals surface area contributed by atoms with Crippen molar-refractivity contribution in [2.75, 3.05) is 16.0 Å². The first kappa shape index (κ1) is 16.6. The summed E-state index contributed by atoms with van der Waals surface area (Å²) in [7, 11) is 0. The van der Waals surface area contributed by atoms with Crippen LogP contribution < -0.4 is 16.0 Å². The molecule has 0 saturated heterocycles. The third-order valence-electron chi connectivity index (χ3n) is 2.66. The molecular formula is C14H19N4O3. The van der Waals surface area contributed by atoms with Crippen molar-refractivity contribution in [1.82, 2.24) is 4.98 Å². The van der Waals surface area contributed by atoms with E-state index in [0.717, 1.165) is 0 Å². The molecule has 7 nitrogen and oxygen atoms in total. The molecule has 1 heterocycles.